The lowest BCUT2D eigenvalue weighted by atomic mass is 9.81. The maximum absolute atomic E-state index is 12.4. The second kappa shape index (κ2) is 8.95. The molecule has 0 spiro atoms. The number of nitrogens with zero attached hydrogens (tertiary/aromatic N) is 1. The molecule has 0 saturated heterocycles. The van der Waals surface area contributed by atoms with Crippen molar-refractivity contribution in [2.75, 3.05) is 0 Å². The van der Waals surface area contributed by atoms with Crippen LogP contribution in [0.25, 0.3) is 0 Å². The molecular weight excluding hydrogens is 364 g/mol. The van der Waals surface area contributed by atoms with Crippen molar-refractivity contribution in [3.63, 3.8) is 0 Å². The first-order chi connectivity index (χ1) is 13.5. The SMILES string of the molecule is CCc1ccc([C@H]2C(C#N)=C(SCc3ccccc3)NC(C)=C2C(C)=O)cc1. The highest BCUT2D eigenvalue weighted by atomic mass is 32.2. The summed E-state index contributed by atoms with van der Waals surface area (Å²) in [6.07, 6.45) is 0.958. The third-order valence-electron chi connectivity index (χ3n) is 4.97. The van der Waals surface area contributed by atoms with Gasteiger partial charge in [0.25, 0.3) is 0 Å². The lowest BCUT2D eigenvalue weighted by Crippen LogP contribution is -2.27. The van der Waals surface area contributed by atoms with Crippen LogP contribution in [-0.4, -0.2) is 5.78 Å². The summed E-state index contributed by atoms with van der Waals surface area (Å²) in [6, 6.07) is 20.8. The smallest absolute Gasteiger partial charge is 0.158 e. The van der Waals surface area contributed by atoms with Crippen LogP contribution in [0.2, 0.25) is 0 Å². The minimum Gasteiger partial charge on any atom is -0.353 e. The molecule has 4 heteroatoms. The predicted molar refractivity (Wildman–Crippen MR) is 115 cm³/mol. The Morgan fingerprint density at radius 1 is 1.11 bits per heavy atom. The van der Waals surface area contributed by atoms with Crippen LogP contribution < -0.4 is 5.32 Å². The number of carbonyl (C=O) groups excluding carboxylic acids is 1. The molecule has 0 aromatic heterocycles. The number of dihydropyridines is 1. The van der Waals surface area contributed by atoms with Crippen molar-refractivity contribution >= 4 is 17.5 Å². The number of nitrogens with one attached hydrogen (secondary N) is 1. The van der Waals surface area contributed by atoms with E-state index in [1.165, 1.54) is 11.1 Å². The molecule has 3 rings (SSSR count). The molecule has 0 saturated carbocycles. The van der Waals surface area contributed by atoms with E-state index >= 15 is 0 Å². The molecule has 0 bridgehead atoms. The van der Waals surface area contributed by atoms with Gasteiger partial charge in [0.2, 0.25) is 0 Å². The summed E-state index contributed by atoms with van der Waals surface area (Å²) in [5, 5.41) is 14.1. The Hall–Kier alpha value is -2.77. The zero-order valence-electron chi connectivity index (χ0n) is 16.5. The summed E-state index contributed by atoms with van der Waals surface area (Å²) in [6.45, 7) is 5.61. The number of Topliss-reactive ketones (excluding diaryl/α,β-unsaturated/α-hetero) is 1. The zero-order valence-corrected chi connectivity index (χ0v) is 17.3. The Morgan fingerprint density at radius 2 is 1.79 bits per heavy atom. The Balaban J connectivity index is 2.01. The highest BCUT2D eigenvalue weighted by Gasteiger charge is 2.32. The molecule has 142 valence electrons. The van der Waals surface area contributed by atoms with Gasteiger partial charge in [0.1, 0.15) is 0 Å². The highest BCUT2D eigenvalue weighted by molar-refractivity contribution is 8.02. The van der Waals surface area contributed by atoms with Gasteiger partial charge >= 0.3 is 0 Å². The number of hydrogen-bond acceptors (Lipinski definition) is 4. The van der Waals surface area contributed by atoms with Gasteiger partial charge in [-0.15, -0.1) is 11.8 Å². The van der Waals surface area contributed by atoms with Gasteiger partial charge in [0, 0.05) is 17.0 Å². The summed E-state index contributed by atoms with van der Waals surface area (Å²) in [7, 11) is 0. The molecule has 1 heterocycles. The maximum atomic E-state index is 12.4. The standard InChI is InChI=1S/C24H24N2OS/c1-4-18-10-12-20(13-11-18)23-21(14-25)24(26-16(2)22(23)17(3)27)28-15-19-8-6-5-7-9-19/h5-13,23,26H,4,15H2,1-3H3/t23-/m0/s1. The molecule has 28 heavy (non-hydrogen) atoms. The molecule has 1 aliphatic heterocycles. The summed E-state index contributed by atoms with van der Waals surface area (Å²) in [4.78, 5) is 12.4. The van der Waals surface area contributed by atoms with Gasteiger partial charge < -0.3 is 5.32 Å². The van der Waals surface area contributed by atoms with Crippen molar-refractivity contribution in [1.29, 1.82) is 5.26 Å². The van der Waals surface area contributed by atoms with Gasteiger partial charge in [-0.1, -0.05) is 61.5 Å². The van der Waals surface area contributed by atoms with E-state index in [1.54, 1.807) is 18.7 Å². The minimum atomic E-state index is -0.326. The first kappa shape index (κ1) is 20.0. The molecule has 1 aliphatic rings. The van der Waals surface area contributed by atoms with Crippen LogP contribution in [0, 0.1) is 11.3 Å². The molecule has 2 aromatic carbocycles. The Morgan fingerprint density at radius 3 is 2.36 bits per heavy atom. The first-order valence-corrected chi connectivity index (χ1v) is 10.4. The molecule has 0 radical (unpaired) electrons. The van der Waals surface area contributed by atoms with Crippen LogP contribution in [0.1, 0.15) is 43.4 Å². The van der Waals surface area contributed by atoms with Crippen LogP contribution in [0.3, 0.4) is 0 Å². The first-order valence-electron chi connectivity index (χ1n) is 9.43. The van der Waals surface area contributed by atoms with E-state index < -0.39 is 0 Å². The molecule has 1 atom stereocenters. The average Bonchev–Trinajstić information content (AvgIpc) is 2.72. The molecule has 2 aromatic rings. The van der Waals surface area contributed by atoms with E-state index in [1.807, 2.05) is 37.3 Å². The topological polar surface area (TPSA) is 52.9 Å². The number of thioether (sulfide) groups is 1. The second-order valence-electron chi connectivity index (χ2n) is 6.88. The average molecular weight is 389 g/mol. The van der Waals surface area contributed by atoms with Gasteiger partial charge in [-0.25, -0.2) is 0 Å². The predicted octanol–water partition coefficient (Wildman–Crippen LogP) is 5.47. The quantitative estimate of drug-likeness (QED) is 0.713. The molecule has 3 nitrogen and oxygen atoms in total. The van der Waals surface area contributed by atoms with Crippen molar-refractivity contribution in [1.82, 2.24) is 5.32 Å². The number of carbonyl (C=O) groups is 1. The minimum absolute atomic E-state index is 0.00516. The number of hydrogen-bond donors (Lipinski definition) is 1. The molecule has 0 unspecified atom stereocenters. The molecule has 0 aliphatic carbocycles. The normalized spacial score (nSPS) is 16.6. The van der Waals surface area contributed by atoms with E-state index in [9.17, 15) is 10.1 Å². The monoisotopic (exact) mass is 388 g/mol. The summed E-state index contributed by atoms with van der Waals surface area (Å²) < 4.78 is 0. The van der Waals surface area contributed by atoms with E-state index in [2.05, 4.69) is 42.6 Å². The number of rotatable bonds is 6. The van der Waals surface area contributed by atoms with Gasteiger partial charge in [-0.2, -0.15) is 5.26 Å². The molecule has 0 fully saturated rings. The number of ketones is 1. The number of allylic oxidation sites excluding steroid dienone is 3. The van der Waals surface area contributed by atoms with Crippen molar-refractivity contribution < 1.29 is 4.79 Å². The summed E-state index contributed by atoms with van der Waals surface area (Å²) in [5.74, 6) is 0.431. The van der Waals surface area contributed by atoms with Crippen LogP contribution in [-0.2, 0) is 17.0 Å². The number of nitriles is 1. The maximum Gasteiger partial charge on any atom is 0.158 e. The Bertz CT molecular complexity index is 966. The van der Waals surface area contributed by atoms with Crippen molar-refractivity contribution in [3.8, 4) is 6.07 Å². The highest BCUT2D eigenvalue weighted by Crippen LogP contribution is 2.41. The zero-order chi connectivity index (χ0) is 20.1. The van der Waals surface area contributed by atoms with Crippen molar-refractivity contribution in [3.05, 3.63) is 93.2 Å². The van der Waals surface area contributed by atoms with E-state index in [4.69, 9.17) is 0 Å². The fraction of sp³-hybridized carbons (Fsp3) is 0.250. The van der Waals surface area contributed by atoms with Crippen molar-refractivity contribution in [2.45, 2.75) is 38.9 Å². The Kier molecular flexibility index (Phi) is 6.38. The van der Waals surface area contributed by atoms with Crippen LogP contribution in [0.15, 0.2) is 76.5 Å². The Labute approximate surface area is 171 Å². The lowest BCUT2D eigenvalue weighted by molar-refractivity contribution is -0.113. The fourth-order valence-corrected chi connectivity index (χ4v) is 4.55. The lowest BCUT2D eigenvalue weighted by Gasteiger charge is -2.29. The van der Waals surface area contributed by atoms with Gasteiger partial charge in [-0.3, -0.25) is 4.79 Å². The third kappa shape index (κ3) is 4.21. The molecular formula is C24H24N2OS. The second-order valence-corrected chi connectivity index (χ2v) is 7.86. The van der Waals surface area contributed by atoms with Gasteiger partial charge in [0.05, 0.1) is 22.6 Å². The van der Waals surface area contributed by atoms with E-state index in [0.717, 1.165) is 28.5 Å². The van der Waals surface area contributed by atoms with E-state index in [0.29, 0.717) is 11.1 Å². The largest absolute Gasteiger partial charge is 0.353 e. The van der Waals surface area contributed by atoms with E-state index in [-0.39, 0.29) is 11.7 Å². The number of aryl methyl sites for hydroxylation is 1. The van der Waals surface area contributed by atoms with Crippen LogP contribution in [0.5, 0.6) is 0 Å². The molecule has 1 N–H and O–H groups in total. The number of benzene rings is 2. The van der Waals surface area contributed by atoms with Crippen LogP contribution >= 0.6 is 11.8 Å². The van der Waals surface area contributed by atoms with Gasteiger partial charge in [-0.05, 0) is 37.0 Å². The molecule has 0 amide bonds. The van der Waals surface area contributed by atoms with Crippen LogP contribution in [0.4, 0.5) is 0 Å². The summed E-state index contributed by atoms with van der Waals surface area (Å²) >= 11 is 1.61. The van der Waals surface area contributed by atoms with Gasteiger partial charge in [0.15, 0.2) is 5.78 Å². The van der Waals surface area contributed by atoms with Crippen molar-refractivity contribution in [2.24, 2.45) is 0 Å². The fourth-order valence-electron chi connectivity index (χ4n) is 3.50. The third-order valence-corrected chi connectivity index (χ3v) is 6.06. The summed E-state index contributed by atoms with van der Waals surface area (Å²) in [5.41, 5.74) is 5.53.